The van der Waals surface area contributed by atoms with E-state index >= 15 is 0 Å². The second-order valence-corrected chi connectivity index (χ2v) is 16.9. The number of fused-ring (bicyclic) bond motifs is 11. The van der Waals surface area contributed by atoms with Crippen LogP contribution in [0, 0.1) is 0 Å². The summed E-state index contributed by atoms with van der Waals surface area (Å²) < 4.78 is 8.92. The van der Waals surface area contributed by atoms with E-state index < -0.39 is 0 Å². The molecule has 0 aliphatic rings. The van der Waals surface area contributed by atoms with Crippen molar-refractivity contribution in [3.63, 3.8) is 0 Å². The molecule has 0 bridgehead atoms. The van der Waals surface area contributed by atoms with E-state index in [9.17, 15) is 0 Å². The smallest absolute Gasteiger partial charge is 0.137 e. The van der Waals surface area contributed by atoms with E-state index in [0.29, 0.717) is 0 Å². The Hall–Kier alpha value is -8.66. The lowest BCUT2D eigenvalue weighted by Gasteiger charge is -2.26. The lowest BCUT2D eigenvalue weighted by Crippen LogP contribution is -2.09. The van der Waals surface area contributed by atoms with Crippen LogP contribution in [0.15, 0.2) is 247 Å². The fraction of sp³-hybridized carbons (Fsp3) is 0. The van der Waals surface area contributed by atoms with Gasteiger partial charge in [-0.1, -0.05) is 182 Å². The van der Waals surface area contributed by atoms with Crippen LogP contribution in [0.4, 0.5) is 17.1 Å². The molecule has 0 fully saturated rings. The first kappa shape index (κ1) is 36.9. The highest BCUT2D eigenvalue weighted by atomic mass is 16.3. The van der Waals surface area contributed by atoms with Crippen LogP contribution in [0.1, 0.15) is 0 Å². The molecular weight excluding hydrogens is 789 g/mol. The molecule has 0 spiro atoms. The van der Waals surface area contributed by atoms with Crippen LogP contribution in [-0.4, -0.2) is 4.40 Å². The fourth-order valence-electron chi connectivity index (χ4n) is 10.1. The van der Waals surface area contributed by atoms with Crippen LogP contribution in [0.5, 0.6) is 0 Å². The molecular formula is C62H40N2O. The molecule has 0 N–H and O–H groups in total. The molecule has 0 saturated carbocycles. The number of pyridine rings is 1. The maximum absolute atomic E-state index is 6.43. The molecule has 3 heterocycles. The number of aromatic nitrogens is 1. The number of hydrogen-bond acceptors (Lipinski definition) is 2. The summed E-state index contributed by atoms with van der Waals surface area (Å²) in [6.07, 6.45) is 0. The van der Waals surface area contributed by atoms with Crippen molar-refractivity contribution in [3.8, 4) is 44.5 Å². The zero-order chi connectivity index (χ0) is 42.8. The first-order valence-electron chi connectivity index (χ1n) is 22.2. The topological polar surface area (TPSA) is 20.8 Å². The largest absolute Gasteiger partial charge is 0.456 e. The Kier molecular flexibility index (Phi) is 8.53. The monoisotopic (exact) mass is 828 g/mol. The van der Waals surface area contributed by atoms with Gasteiger partial charge in [-0.3, -0.25) is 0 Å². The molecule has 3 aromatic heterocycles. The van der Waals surface area contributed by atoms with Crippen LogP contribution < -0.4 is 4.90 Å². The number of anilines is 3. The standard InChI is InChI=1S/C62H40N2O/c1-3-13-41(14-4-1)42-23-25-43(26-24-42)44-27-32-48(33-28-44)63(50-36-38-54-53-19-10-12-22-59(53)65-60(54)40-50)49-34-29-45(30-35-49)47-31-37-56-58(39-47)64-57-21-11-9-18-52(57)51-17-7-8-20-55(51)62(64)61(56)46-15-5-2-6-16-46/h1-40H. The van der Waals surface area contributed by atoms with Gasteiger partial charge in [-0.05, 0) is 98.9 Å². The van der Waals surface area contributed by atoms with E-state index in [0.717, 1.165) is 50.1 Å². The molecule has 13 aromatic rings. The van der Waals surface area contributed by atoms with Crippen molar-refractivity contribution in [2.24, 2.45) is 0 Å². The zero-order valence-electron chi connectivity index (χ0n) is 35.4. The highest BCUT2D eigenvalue weighted by molar-refractivity contribution is 6.22. The van der Waals surface area contributed by atoms with Gasteiger partial charge in [0.15, 0.2) is 0 Å². The Morgan fingerprint density at radius 2 is 0.738 bits per heavy atom. The van der Waals surface area contributed by atoms with Gasteiger partial charge >= 0.3 is 0 Å². The normalized spacial score (nSPS) is 11.7. The van der Waals surface area contributed by atoms with Crippen LogP contribution in [-0.2, 0) is 0 Å². The Morgan fingerprint density at radius 3 is 1.42 bits per heavy atom. The number of furan rings is 1. The highest BCUT2D eigenvalue weighted by Gasteiger charge is 2.21. The fourth-order valence-corrected chi connectivity index (χ4v) is 10.1. The maximum Gasteiger partial charge on any atom is 0.137 e. The third kappa shape index (κ3) is 6.12. The van der Waals surface area contributed by atoms with Gasteiger partial charge < -0.3 is 13.7 Å². The molecule has 0 saturated heterocycles. The second kappa shape index (κ2) is 15.0. The molecule has 65 heavy (non-hydrogen) atoms. The average molecular weight is 829 g/mol. The highest BCUT2D eigenvalue weighted by Crippen LogP contribution is 2.44. The van der Waals surface area contributed by atoms with Crippen LogP contribution in [0.25, 0.3) is 105 Å². The number of benzene rings is 10. The van der Waals surface area contributed by atoms with Crippen LogP contribution in [0.3, 0.4) is 0 Å². The number of para-hydroxylation sites is 2. The van der Waals surface area contributed by atoms with E-state index in [1.807, 2.05) is 12.1 Å². The van der Waals surface area contributed by atoms with E-state index in [4.69, 9.17) is 4.42 Å². The van der Waals surface area contributed by atoms with Gasteiger partial charge in [0.25, 0.3) is 0 Å². The molecule has 0 radical (unpaired) electrons. The summed E-state index contributed by atoms with van der Waals surface area (Å²) in [4.78, 5) is 2.33. The van der Waals surface area contributed by atoms with E-state index in [2.05, 4.69) is 240 Å². The van der Waals surface area contributed by atoms with Gasteiger partial charge in [-0.15, -0.1) is 0 Å². The quantitative estimate of drug-likeness (QED) is 0.149. The number of nitrogens with zero attached hydrogens (tertiary/aromatic N) is 2. The van der Waals surface area contributed by atoms with E-state index in [1.165, 1.54) is 71.5 Å². The van der Waals surface area contributed by atoms with Crippen molar-refractivity contribution < 1.29 is 4.42 Å². The average Bonchev–Trinajstić information content (AvgIpc) is 3.93. The van der Waals surface area contributed by atoms with Crippen molar-refractivity contribution >= 4 is 77.1 Å². The minimum atomic E-state index is 0.864. The first-order chi connectivity index (χ1) is 32.2. The molecule has 304 valence electrons. The molecule has 0 amide bonds. The van der Waals surface area contributed by atoms with Crippen molar-refractivity contribution in [2.45, 2.75) is 0 Å². The predicted molar refractivity (Wildman–Crippen MR) is 274 cm³/mol. The third-order valence-electron chi connectivity index (χ3n) is 13.2. The van der Waals surface area contributed by atoms with Gasteiger partial charge in [0.2, 0.25) is 0 Å². The Labute approximate surface area is 376 Å². The molecule has 0 aliphatic heterocycles. The maximum atomic E-state index is 6.43. The Morgan fingerprint density at radius 1 is 0.277 bits per heavy atom. The van der Waals surface area contributed by atoms with E-state index in [1.54, 1.807) is 0 Å². The molecule has 10 aromatic carbocycles. The van der Waals surface area contributed by atoms with Gasteiger partial charge in [-0.25, -0.2) is 0 Å². The minimum Gasteiger partial charge on any atom is -0.456 e. The van der Waals surface area contributed by atoms with Crippen LogP contribution >= 0.6 is 0 Å². The van der Waals surface area contributed by atoms with Crippen molar-refractivity contribution in [2.75, 3.05) is 4.90 Å². The summed E-state index contributed by atoms with van der Waals surface area (Å²) in [5, 5.41) is 7.23. The van der Waals surface area contributed by atoms with Crippen molar-refractivity contribution in [1.29, 1.82) is 0 Å². The lowest BCUT2D eigenvalue weighted by atomic mass is 9.97. The van der Waals surface area contributed by atoms with E-state index in [-0.39, 0.29) is 0 Å². The van der Waals surface area contributed by atoms with Gasteiger partial charge in [0, 0.05) is 55.6 Å². The van der Waals surface area contributed by atoms with Gasteiger partial charge in [-0.2, -0.15) is 0 Å². The summed E-state index contributed by atoms with van der Waals surface area (Å²) in [6.45, 7) is 0. The summed E-state index contributed by atoms with van der Waals surface area (Å²) in [6, 6.07) is 87.6. The molecule has 3 nitrogen and oxygen atoms in total. The summed E-state index contributed by atoms with van der Waals surface area (Å²) in [5.41, 5.74) is 18.1. The van der Waals surface area contributed by atoms with Crippen molar-refractivity contribution in [1.82, 2.24) is 4.40 Å². The van der Waals surface area contributed by atoms with Crippen LogP contribution in [0.2, 0.25) is 0 Å². The lowest BCUT2D eigenvalue weighted by molar-refractivity contribution is 0.669. The zero-order valence-corrected chi connectivity index (χ0v) is 35.4. The second-order valence-electron chi connectivity index (χ2n) is 16.9. The molecule has 0 atom stereocenters. The molecule has 13 rings (SSSR count). The molecule has 0 unspecified atom stereocenters. The molecule has 0 aliphatic carbocycles. The number of rotatable bonds is 7. The minimum absolute atomic E-state index is 0.864. The molecule has 3 heteroatoms. The van der Waals surface area contributed by atoms with Gasteiger partial charge in [0.05, 0.1) is 16.6 Å². The first-order valence-corrected chi connectivity index (χ1v) is 22.2. The number of hydrogen-bond donors (Lipinski definition) is 0. The third-order valence-corrected chi connectivity index (χ3v) is 13.2. The Bertz CT molecular complexity index is 3900. The summed E-state index contributed by atoms with van der Waals surface area (Å²) >= 11 is 0. The van der Waals surface area contributed by atoms with Gasteiger partial charge in [0.1, 0.15) is 11.2 Å². The van der Waals surface area contributed by atoms with Crippen molar-refractivity contribution in [3.05, 3.63) is 243 Å². The summed E-state index contributed by atoms with van der Waals surface area (Å²) in [5.74, 6) is 0. The predicted octanol–water partition coefficient (Wildman–Crippen LogP) is 17.4. The SMILES string of the molecule is c1ccc(-c2ccc(-c3ccc(N(c4ccc(-c5ccc6c(-c7ccccc7)c7c8ccccc8c8ccccc8n7c6c5)cc4)c4ccc5c(c4)oc4ccccc45)cc3)cc2)cc1. The summed E-state index contributed by atoms with van der Waals surface area (Å²) in [7, 11) is 0. The Balaban J connectivity index is 0.927.